The van der Waals surface area contributed by atoms with Gasteiger partial charge in [-0.15, -0.1) is 0 Å². The molecule has 1 unspecified atom stereocenters. The van der Waals surface area contributed by atoms with Crippen molar-refractivity contribution < 1.29 is 23.5 Å². The molecule has 0 bridgehead atoms. The van der Waals surface area contributed by atoms with E-state index in [9.17, 15) is 18.8 Å². The highest BCUT2D eigenvalue weighted by Crippen LogP contribution is 2.25. The first kappa shape index (κ1) is 20.5. The van der Waals surface area contributed by atoms with Crippen LogP contribution in [0.3, 0.4) is 0 Å². The maximum Gasteiger partial charge on any atom is 0.326 e. The van der Waals surface area contributed by atoms with E-state index in [1.165, 1.54) is 29.2 Å². The van der Waals surface area contributed by atoms with Crippen molar-refractivity contribution in [2.75, 3.05) is 24.6 Å². The molecule has 2 amide bonds. The molecule has 29 heavy (non-hydrogen) atoms. The van der Waals surface area contributed by atoms with Gasteiger partial charge in [0.25, 0.3) is 0 Å². The second-order valence-electron chi connectivity index (χ2n) is 6.87. The van der Waals surface area contributed by atoms with E-state index in [2.05, 4.69) is 0 Å². The minimum Gasteiger partial charge on any atom is -0.465 e. The van der Waals surface area contributed by atoms with Crippen LogP contribution in [0.25, 0.3) is 0 Å². The smallest absolute Gasteiger partial charge is 0.326 e. The summed E-state index contributed by atoms with van der Waals surface area (Å²) >= 11 is 0. The first-order valence-corrected chi connectivity index (χ1v) is 9.52. The van der Waals surface area contributed by atoms with Gasteiger partial charge in [0.05, 0.1) is 12.5 Å². The van der Waals surface area contributed by atoms with Gasteiger partial charge in [-0.05, 0) is 36.8 Å². The number of ether oxygens (including phenoxy) is 1. The molecule has 0 radical (unpaired) electrons. The molecule has 0 N–H and O–H groups in total. The van der Waals surface area contributed by atoms with Gasteiger partial charge in [0, 0.05) is 25.2 Å². The number of hydrogen-bond donors (Lipinski definition) is 0. The Hall–Kier alpha value is -3.22. The maximum atomic E-state index is 13.3. The zero-order chi connectivity index (χ0) is 20.8. The van der Waals surface area contributed by atoms with E-state index in [1.54, 1.807) is 11.8 Å². The second kappa shape index (κ2) is 9.32. The first-order valence-electron chi connectivity index (χ1n) is 9.52. The van der Waals surface area contributed by atoms with Gasteiger partial charge in [-0.3, -0.25) is 14.4 Å². The predicted octanol–water partition coefficient (Wildman–Crippen LogP) is 2.77. The molecule has 2 aromatic carbocycles. The molecule has 6 nitrogen and oxygen atoms in total. The van der Waals surface area contributed by atoms with Crippen molar-refractivity contribution in [3.8, 4) is 0 Å². The van der Waals surface area contributed by atoms with Gasteiger partial charge in [-0.2, -0.15) is 0 Å². The third-order valence-electron chi connectivity index (χ3n) is 4.78. The summed E-state index contributed by atoms with van der Waals surface area (Å²) in [5.41, 5.74) is 1.37. The molecular formula is C22H23FN2O4. The van der Waals surface area contributed by atoms with Crippen molar-refractivity contribution in [2.24, 2.45) is 5.92 Å². The molecule has 3 rings (SSSR count). The molecule has 1 atom stereocenters. The summed E-state index contributed by atoms with van der Waals surface area (Å²) in [6.07, 6.45) is 0.0756. The number of halogens is 1. The van der Waals surface area contributed by atoms with Crippen LogP contribution in [0.5, 0.6) is 0 Å². The molecule has 0 aliphatic carbocycles. The third-order valence-corrected chi connectivity index (χ3v) is 4.78. The zero-order valence-electron chi connectivity index (χ0n) is 16.2. The first-order chi connectivity index (χ1) is 14.0. The minimum atomic E-state index is -0.578. The van der Waals surface area contributed by atoms with Crippen molar-refractivity contribution in [3.63, 3.8) is 0 Å². The number of rotatable bonds is 7. The van der Waals surface area contributed by atoms with Gasteiger partial charge in [-0.25, -0.2) is 4.39 Å². The van der Waals surface area contributed by atoms with Gasteiger partial charge in [0.2, 0.25) is 11.8 Å². The summed E-state index contributed by atoms with van der Waals surface area (Å²) in [5, 5.41) is 0. The molecule has 2 aromatic rings. The van der Waals surface area contributed by atoms with Crippen LogP contribution in [-0.4, -0.2) is 42.4 Å². The average Bonchev–Trinajstić information content (AvgIpc) is 3.08. The fraction of sp³-hybridized carbons (Fsp3) is 0.318. The summed E-state index contributed by atoms with van der Waals surface area (Å²) in [6, 6.07) is 14.9. The number of carbonyl (C=O) groups excluding carboxylic acids is 3. The lowest BCUT2D eigenvalue weighted by molar-refractivity contribution is -0.142. The van der Waals surface area contributed by atoms with Crippen molar-refractivity contribution in [2.45, 2.75) is 19.9 Å². The lowest BCUT2D eigenvalue weighted by Crippen LogP contribution is -2.41. The van der Waals surface area contributed by atoms with Gasteiger partial charge < -0.3 is 14.5 Å². The minimum absolute atomic E-state index is 0.0756. The van der Waals surface area contributed by atoms with Crippen molar-refractivity contribution in [1.29, 1.82) is 0 Å². The molecule has 1 heterocycles. The molecule has 7 heteroatoms. The van der Waals surface area contributed by atoms with Gasteiger partial charge in [0.15, 0.2) is 0 Å². The van der Waals surface area contributed by atoms with Crippen LogP contribution in [0.1, 0.15) is 18.9 Å². The number of carbonyl (C=O) groups is 3. The quantitative estimate of drug-likeness (QED) is 0.673. The van der Waals surface area contributed by atoms with Crippen LogP contribution in [0.2, 0.25) is 0 Å². The van der Waals surface area contributed by atoms with Crippen molar-refractivity contribution in [3.05, 3.63) is 66.0 Å². The van der Waals surface area contributed by atoms with E-state index in [4.69, 9.17) is 4.74 Å². The molecular weight excluding hydrogens is 375 g/mol. The number of amides is 2. The zero-order valence-corrected chi connectivity index (χ0v) is 16.2. The third kappa shape index (κ3) is 5.19. The van der Waals surface area contributed by atoms with Crippen LogP contribution in [-0.2, 0) is 25.7 Å². The maximum absolute atomic E-state index is 13.3. The van der Waals surface area contributed by atoms with E-state index in [-0.39, 0.29) is 37.9 Å². The number of hydrogen-bond acceptors (Lipinski definition) is 4. The monoisotopic (exact) mass is 398 g/mol. The molecule has 0 aromatic heterocycles. The second-order valence-corrected chi connectivity index (χ2v) is 6.87. The van der Waals surface area contributed by atoms with Crippen LogP contribution in [0.4, 0.5) is 10.1 Å². The van der Waals surface area contributed by atoms with Crippen LogP contribution in [0, 0.1) is 11.7 Å². The Bertz CT molecular complexity index is 870. The fourth-order valence-corrected chi connectivity index (χ4v) is 3.37. The van der Waals surface area contributed by atoms with Crippen LogP contribution < -0.4 is 4.90 Å². The van der Waals surface area contributed by atoms with Crippen LogP contribution >= 0.6 is 0 Å². The van der Waals surface area contributed by atoms with E-state index in [0.717, 1.165) is 5.56 Å². The SMILES string of the molecule is CCOC(=O)CN(C(=O)C1CC(=O)N(Cc2ccccc2)C1)c1ccc(F)cc1. The van der Waals surface area contributed by atoms with Crippen molar-refractivity contribution in [1.82, 2.24) is 4.90 Å². The van der Waals surface area contributed by atoms with E-state index in [0.29, 0.717) is 12.2 Å². The lowest BCUT2D eigenvalue weighted by atomic mass is 10.1. The number of nitrogens with zero attached hydrogens (tertiary/aromatic N) is 2. The highest BCUT2D eigenvalue weighted by atomic mass is 19.1. The molecule has 1 fully saturated rings. The molecule has 0 spiro atoms. The van der Waals surface area contributed by atoms with Gasteiger partial charge >= 0.3 is 5.97 Å². The van der Waals surface area contributed by atoms with E-state index < -0.39 is 17.7 Å². The highest BCUT2D eigenvalue weighted by molar-refractivity contribution is 6.01. The van der Waals surface area contributed by atoms with Gasteiger partial charge in [-0.1, -0.05) is 30.3 Å². The molecule has 152 valence electrons. The molecule has 1 saturated heterocycles. The summed E-state index contributed by atoms with van der Waals surface area (Å²) in [4.78, 5) is 40.5. The predicted molar refractivity (Wildman–Crippen MR) is 105 cm³/mol. The Morgan fingerprint density at radius 3 is 2.48 bits per heavy atom. The van der Waals surface area contributed by atoms with E-state index >= 15 is 0 Å². The summed E-state index contributed by atoms with van der Waals surface area (Å²) < 4.78 is 18.3. The lowest BCUT2D eigenvalue weighted by Gasteiger charge is -2.25. The van der Waals surface area contributed by atoms with Gasteiger partial charge in [0.1, 0.15) is 12.4 Å². The Morgan fingerprint density at radius 1 is 1.14 bits per heavy atom. The molecule has 1 aliphatic heterocycles. The summed E-state index contributed by atoms with van der Waals surface area (Å²) in [6.45, 7) is 2.28. The summed E-state index contributed by atoms with van der Waals surface area (Å²) in [5.74, 6) is -2.04. The van der Waals surface area contributed by atoms with Crippen molar-refractivity contribution >= 4 is 23.5 Å². The Morgan fingerprint density at radius 2 is 1.83 bits per heavy atom. The van der Waals surface area contributed by atoms with E-state index in [1.807, 2.05) is 30.3 Å². The highest BCUT2D eigenvalue weighted by Gasteiger charge is 2.37. The fourth-order valence-electron chi connectivity index (χ4n) is 3.37. The number of esters is 1. The average molecular weight is 398 g/mol. The normalized spacial score (nSPS) is 16.0. The topological polar surface area (TPSA) is 66.9 Å². The molecule has 1 aliphatic rings. The Labute approximate surface area is 168 Å². The number of anilines is 1. The largest absolute Gasteiger partial charge is 0.465 e. The van der Waals surface area contributed by atoms with Crippen LogP contribution in [0.15, 0.2) is 54.6 Å². The number of benzene rings is 2. The Balaban J connectivity index is 1.75. The molecule has 0 saturated carbocycles. The Kier molecular flexibility index (Phi) is 6.59. The standard InChI is InChI=1S/C22H23FN2O4/c1-2-29-21(27)15-25(19-10-8-18(23)9-11-19)22(28)17-12-20(26)24(14-17)13-16-6-4-3-5-7-16/h3-11,17H,2,12-15H2,1H3. The number of likely N-dealkylation sites (tertiary alicyclic amines) is 1. The summed E-state index contributed by atoms with van der Waals surface area (Å²) in [7, 11) is 0.